The Morgan fingerprint density at radius 1 is 0.641 bits per heavy atom. The third-order valence-electron chi connectivity index (χ3n) is 6.25. The molecule has 2 aliphatic heterocycles. The predicted octanol–water partition coefficient (Wildman–Crippen LogP) is 5.20. The zero-order valence-electron chi connectivity index (χ0n) is 22.5. The Balaban J connectivity index is 0.00000112. The molecule has 0 amide bonds. The highest BCUT2D eigenvalue weighted by molar-refractivity contribution is 5.27. The lowest BCUT2D eigenvalue weighted by Crippen LogP contribution is -2.57. The van der Waals surface area contributed by atoms with Crippen LogP contribution in [0.2, 0.25) is 0 Å². The molecule has 2 heterocycles. The van der Waals surface area contributed by atoms with E-state index in [1.807, 2.05) is 78.9 Å². The van der Waals surface area contributed by atoms with Crippen LogP contribution in [0.4, 0.5) is 4.39 Å². The topological polar surface area (TPSA) is 73.8 Å². The van der Waals surface area contributed by atoms with Crippen LogP contribution >= 0.6 is 0 Å². The molecule has 3 aromatic rings. The predicted molar refractivity (Wildman–Crippen MR) is 141 cm³/mol. The van der Waals surface area contributed by atoms with Crippen molar-refractivity contribution in [2.24, 2.45) is 0 Å². The number of rotatable bonds is 9. The Bertz CT molecular complexity index is 1110. The lowest BCUT2D eigenvalue weighted by molar-refractivity contribution is -0.300. The molecule has 0 aliphatic carbocycles. The fraction of sp³-hybridized carbons (Fsp3) is 0.400. The van der Waals surface area contributed by atoms with Crippen molar-refractivity contribution < 1.29 is 42.3 Å². The van der Waals surface area contributed by atoms with Crippen LogP contribution < -0.4 is 9.47 Å². The van der Waals surface area contributed by atoms with E-state index in [-0.39, 0.29) is 13.2 Å². The quantitative estimate of drug-likeness (QED) is 0.365. The molecule has 0 N–H and O–H groups in total. The first-order chi connectivity index (χ1) is 19.1. The molecule has 0 aromatic heterocycles. The first kappa shape index (κ1) is 28.9. The van der Waals surface area contributed by atoms with E-state index < -0.39 is 37.2 Å². The summed E-state index contributed by atoms with van der Waals surface area (Å²) in [7, 11) is 6.46. The number of hydrogen-bond acceptors (Lipinski definition) is 8. The summed E-state index contributed by atoms with van der Waals surface area (Å²) in [5, 5.41) is 0. The zero-order valence-corrected chi connectivity index (χ0v) is 22.5. The van der Waals surface area contributed by atoms with Crippen molar-refractivity contribution in [3.63, 3.8) is 0 Å². The summed E-state index contributed by atoms with van der Waals surface area (Å²) in [6, 6.07) is 24.3. The van der Waals surface area contributed by atoms with Crippen LogP contribution in [0.1, 0.15) is 23.0 Å². The molecule has 0 spiro atoms. The fourth-order valence-electron chi connectivity index (χ4n) is 4.28. The molecule has 0 saturated carbocycles. The van der Waals surface area contributed by atoms with Crippen molar-refractivity contribution in [3.05, 3.63) is 95.6 Å². The smallest absolute Gasteiger partial charge is 0.230 e. The maximum atomic E-state index is 15.3. The maximum Gasteiger partial charge on any atom is 0.230 e. The van der Waals surface area contributed by atoms with Gasteiger partial charge < -0.3 is 37.9 Å². The Hall–Kier alpha value is -3.05. The molecular weight excluding hydrogens is 507 g/mol. The molecule has 3 aromatic carbocycles. The fourth-order valence-corrected chi connectivity index (χ4v) is 4.28. The van der Waals surface area contributed by atoms with E-state index in [0.717, 1.165) is 28.2 Å². The third kappa shape index (κ3) is 7.54. The summed E-state index contributed by atoms with van der Waals surface area (Å²) in [5.41, 5.74) is 2.59. The molecule has 0 radical (unpaired) electrons. The zero-order chi connectivity index (χ0) is 27.6. The average molecular weight is 543 g/mol. The standard InChI is InChI=1S/C28H29FO7.C2H6O/c1-30-21-12-8-18(9-13-21)16-32-23-24(33-17-19-10-14-22(31-2)15-11-19)26(29)35-28-25(23)34-27(36-28)20-6-4-3-5-7-20;1-3-2/h3-15,23-28H,16-17H2,1-2H3;1-2H3/t23-,24-,25-,26+,27?,28-;/m1./s1. The minimum Gasteiger partial charge on any atom is -0.497 e. The normalized spacial score (nSPS) is 25.8. The lowest BCUT2D eigenvalue weighted by Gasteiger charge is -2.39. The van der Waals surface area contributed by atoms with Crippen LogP contribution in [0.15, 0.2) is 78.9 Å². The van der Waals surface area contributed by atoms with E-state index in [4.69, 9.17) is 33.2 Å². The highest BCUT2D eigenvalue weighted by Crippen LogP contribution is 2.40. The van der Waals surface area contributed by atoms with Gasteiger partial charge in [-0.25, -0.2) is 4.39 Å². The van der Waals surface area contributed by atoms with Gasteiger partial charge in [-0.3, -0.25) is 0 Å². The summed E-state index contributed by atoms with van der Waals surface area (Å²) >= 11 is 0. The van der Waals surface area contributed by atoms with Gasteiger partial charge in [-0.1, -0.05) is 54.6 Å². The molecule has 8 nitrogen and oxygen atoms in total. The molecule has 39 heavy (non-hydrogen) atoms. The Kier molecular flexibility index (Phi) is 10.7. The van der Waals surface area contributed by atoms with Crippen molar-refractivity contribution in [3.8, 4) is 11.5 Å². The van der Waals surface area contributed by atoms with Crippen LogP contribution in [0.25, 0.3) is 0 Å². The van der Waals surface area contributed by atoms with E-state index in [1.165, 1.54) is 0 Å². The van der Waals surface area contributed by atoms with Gasteiger partial charge >= 0.3 is 0 Å². The van der Waals surface area contributed by atoms with E-state index in [1.54, 1.807) is 28.4 Å². The van der Waals surface area contributed by atoms with Gasteiger partial charge in [-0.15, -0.1) is 0 Å². The van der Waals surface area contributed by atoms with Crippen LogP contribution in [-0.4, -0.2) is 59.4 Å². The van der Waals surface area contributed by atoms with Crippen molar-refractivity contribution in [2.75, 3.05) is 28.4 Å². The van der Waals surface area contributed by atoms with Crippen molar-refractivity contribution in [1.29, 1.82) is 0 Å². The highest BCUT2D eigenvalue weighted by atomic mass is 19.1. The Labute approximate surface area is 228 Å². The van der Waals surface area contributed by atoms with E-state index >= 15 is 4.39 Å². The third-order valence-corrected chi connectivity index (χ3v) is 6.25. The molecule has 2 saturated heterocycles. The van der Waals surface area contributed by atoms with Crippen LogP contribution in [0.5, 0.6) is 11.5 Å². The van der Waals surface area contributed by atoms with Gasteiger partial charge in [0, 0.05) is 19.8 Å². The van der Waals surface area contributed by atoms with Crippen LogP contribution in [0, 0.1) is 0 Å². The number of fused-ring (bicyclic) bond motifs is 1. The summed E-state index contributed by atoms with van der Waals surface area (Å²) < 4.78 is 59.9. The monoisotopic (exact) mass is 542 g/mol. The molecule has 9 heteroatoms. The average Bonchev–Trinajstić information content (AvgIpc) is 3.40. The van der Waals surface area contributed by atoms with Crippen molar-refractivity contribution in [1.82, 2.24) is 0 Å². The summed E-state index contributed by atoms with van der Waals surface area (Å²) in [5.74, 6) is 1.47. The summed E-state index contributed by atoms with van der Waals surface area (Å²) in [6.07, 6.45) is -5.85. The summed E-state index contributed by atoms with van der Waals surface area (Å²) in [4.78, 5) is 0. The van der Waals surface area contributed by atoms with Crippen LogP contribution in [0.3, 0.4) is 0 Å². The minimum absolute atomic E-state index is 0.168. The second kappa shape index (κ2) is 14.4. The number of alkyl halides is 1. The van der Waals surface area contributed by atoms with Gasteiger partial charge in [0.05, 0.1) is 27.4 Å². The molecule has 0 bridgehead atoms. The molecule has 5 rings (SSSR count). The Morgan fingerprint density at radius 3 is 1.67 bits per heavy atom. The Morgan fingerprint density at radius 2 is 1.15 bits per heavy atom. The number of hydrogen-bond donors (Lipinski definition) is 0. The van der Waals surface area contributed by atoms with Crippen molar-refractivity contribution in [2.45, 2.75) is 50.5 Å². The SMILES string of the molecule is COC.COc1ccc(CO[C@@H]2[C@@H](OCc3ccc(OC)cc3)[C@@H](F)O[C@@H]3OC(c4ccccc4)O[C@@H]32)cc1. The van der Waals surface area contributed by atoms with Gasteiger partial charge in [0.2, 0.25) is 6.36 Å². The van der Waals surface area contributed by atoms with Gasteiger partial charge in [-0.05, 0) is 35.4 Å². The van der Waals surface area contributed by atoms with Crippen LogP contribution in [-0.2, 0) is 41.6 Å². The molecule has 210 valence electrons. The molecule has 2 fully saturated rings. The molecule has 2 aliphatic rings. The van der Waals surface area contributed by atoms with E-state index in [0.29, 0.717) is 0 Å². The van der Waals surface area contributed by atoms with Gasteiger partial charge in [0.15, 0.2) is 12.6 Å². The van der Waals surface area contributed by atoms with Gasteiger partial charge in [0.1, 0.15) is 29.8 Å². The van der Waals surface area contributed by atoms with E-state index in [2.05, 4.69) is 4.74 Å². The molecule has 6 atom stereocenters. The first-order valence-corrected chi connectivity index (χ1v) is 12.6. The van der Waals surface area contributed by atoms with Gasteiger partial charge in [0.25, 0.3) is 0 Å². The lowest BCUT2D eigenvalue weighted by atomic mass is 10.0. The first-order valence-electron chi connectivity index (χ1n) is 12.6. The van der Waals surface area contributed by atoms with Gasteiger partial charge in [-0.2, -0.15) is 0 Å². The second-order valence-corrected chi connectivity index (χ2v) is 8.99. The maximum absolute atomic E-state index is 15.3. The second-order valence-electron chi connectivity index (χ2n) is 8.99. The largest absolute Gasteiger partial charge is 0.497 e. The minimum atomic E-state index is -1.76. The number of methoxy groups -OCH3 is 3. The molecule has 1 unspecified atom stereocenters. The van der Waals surface area contributed by atoms with Crippen molar-refractivity contribution >= 4 is 0 Å². The summed E-state index contributed by atoms with van der Waals surface area (Å²) in [6.45, 7) is 0.396. The number of ether oxygens (including phenoxy) is 8. The number of benzene rings is 3. The van der Waals surface area contributed by atoms with E-state index in [9.17, 15) is 0 Å². The number of halogens is 1. The highest BCUT2D eigenvalue weighted by Gasteiger charge is 2.54. The molecular formula is C30H35FO8.